The van der Waals surface area contributed by atoms with E-state index in [1.807, 2.05) is 23.1 Å². The topological polar surface area (TPSA) is 103 Å². The van der Waals surface area contributed by atoms with Gasteiger partial charge < -0.3 is 25.9 Å². The van der Waals surface area contributed by atoms with Crippen LogP contribution in [-0.4, -0.2) is 59.3 Å². The Morgan fingerprint density at radius 3 is 2.33 bits per heavy atom. The van der Waals surface area contributed by atoms with Crippen molar-refractivity contribution < 1.29 is 14.6 Å². The van der Waals surface area contributed by atoms with Crippen LogP contribution in [0.25, 0.3) is 5.70 Å². The van der Waals surface area contributed by atoms with Crippen LogP contribution in [0.4, 0.5) is 0 Å². The molecule has 3 aromatic carbocycles. The monoisotopic (exact) mass is 484 g/mol. The molecule has 186 valence electrons. The zero-order valence-electron chi connectivity index (χ0n) is 20.5. The molecule has 3 aromatic rings. The molecule has 0 radical (unpaired) electrons. The first-order valence-corrected chi connectivity index (χ1v) is 12.0. The smallest absolute Gasteiger partial charge is 0.260 e. The molecule has 0 aliphatic carbocycles. The number of carbonyl (C=O) groups excluding carboxylic acids is 1. The van der Waals surface area contributed by atoms with E-state index in [9.17, 15) is 9.90 Å². The van der Waals surface area contributed by atoms with Gasteiger partial charge in [0.15, 0.2) is 6.61 Å². The summed E-state index contributed by atoms with van der Waals surface area (Å²) in [6.45, 7) is 5.76. The van der Waals surface area contributed by atoms with Gasteiger partial charge in [-0.2, -0.15) is 0 Å². The molecular weight excluding hydrogens is 452 g/mol. The Kier molecular flexibility index (Phi) is 8.02. The number of amides is 1. The summed E-state index contributed by atoms with van der Waals surface area (Å²) in [7, 11) is 0. The first-order chi connectivity index (χ1) is 17.4. The van der Waals surface area contributed by atoms with Crippen molar-refractivity contribution in [1.82, 2.24) is 9.80 Å². The number of phenolic OH excluding ortho intramolecular Hbond substituents is 1. The number of aryl methyl sites for hydroxylation is 1. The highest BCUT2D eigenvalue weighted by Crippen LogP contribution is 2.21. The molecule has 1 fully saturated rings. The number of aromatic hydroxyl groups is 1. The summed E-state index contributed by atoms with van der Waals surface area (Å²) in [4.78, 5) is 16.8. The lowest BCUT2D eigenvalue weighted by atomic mass is 10.0. The number of phenols is 1. The van der Waals surface area contributed by atoms with Crippen molar-refractivity contribution in [2.24, 2.45) is 5.73 Å². The van der Waals surface area contributed by atoms with E-state index in [1.165, 1.54) is 5.56 Å². The number of rotatable bonds is 8. The number of piperazine rings is 1. The molecule has 1 heterocycles. The van der Waals surface area contributed by atoms with Gasteiger partial charge in [-0.3, -0.25) is 9.69 Å². The van der Waals surface area contributed by atoms with Crippen LogP contribution in [0.1, 0.15) is 22.3 Å². The van der Waals surface area contributed by atoms with Gasteiger partial charge in [-0.25, -0.2) is 0 Å². The fraction of sp³-hybridized carbons (Fsp3) is 0.241. The number of allylic oxidation sites excluding steroid dienone is 1. The van der Waals surface area contributed by atoms with Crippen LogP contribution in [0.2, 0.25) is 0 Å². The first-order valence-electron chi connectivity index (χ1n) is 12.0. The number of nitrogens with zero attached hydrogens (tertiary/aromatic N) is 2. The molecule has 0 spiro atoms. The van der Waals surface area contributed by atoms with Crippen LogP contribution in [0, 0.1) is 12.3 Å². The second-order valence-electron chi connectivity index (χ2n) is 8.97. The minimum absolute atomic E-state index is 0.0114. The predicted octanol–water partition coefficient (Wildman–Crippen LogP) is 3.79. The van der Waals surface area contributed by atoms with Gasteiger partial charge in [0.1, 0.15) is 11.5 Å². The van der Waals surface area contributed by atoms with E-state index in [0.29, 0.717) is 30.1 Å². The van der Waals surface area contributed by atoms with E-state index in [4.69, 9.17) is 15.9 Å². The van der Waals surface area contributed by atoms with Crippen molar-refractivity contribution >= 4 is 17.3 Å². The largest absolute Gasteiger partial charge is 0.508 e. The first kappa shape index (κ1) is 25.0. The maximum Gasteiger partial charge on any atom is 0.260 e. The van der Waals surface area contributed by atoms with Gasteiger partial charge in [0.2, 0.25) is 0 Å². The average Bonchev–Trinajstić information content (AvgIpc) is 2.90. The van der Waals surface area contributed by atoms with Gasteiger partial charge in [0.05, 0.1) is 5.71 Å². The summed E-state index contributed by atoms with van der Waals surface area (Å²) in [6, 6.07) is 22.5. The molecule has 0 atom stereocenters. The lowest BCUT2D eigenvalue weighted by molar-refractivity contribution is -0.135. The molecule has 0 unspecified atom stereocenters. The van der Waals surface area contributed by atoms with E-state index in [0.717, 1.165) is 30.8 Å². The van der Waals surface area contributed by atoms with E-state index in [1.54, 1.807) is 55.5 Å². The molecule has 0 aromatic heterocycles. The zero-order valence-corrected chi connectivity index (χ0v) is 20.5. The zero-order chi connectivity index (χ0) is 25.5. The summed E-state index contributed by atoms with van der Waals surface area (Å²) in [6.07, 6.45) is 1.59. The molecule has 1 saturated heterocycles. The summed E-state index contributed by atoms with van der Waals surface area (Å²) >= 11 is 0. The Balaban J connectivity index is 1.25. The average molecular weight is 485 g/mol. The third-order valence-corrected chi connectivity index (χ3v) is 6.33. The maximum absolute atomic E-state index is 12.6. The minimum atomic E-state index is -0.0221. The van der Waals surface area contributed by atoms with Crippen LogP contribution in [0.5, 0.6) is 11.5 Å². The number of nitrogens with two attached hydrogens (primary N) is 1. The highest BCUT2D eigenvalue weighted by atomic mass is 16.5. The van der Waals surface area contributed by atoms with Crippen molar-refractivity contribution in [3.8, 4) is 11.5 Å². The molecule has 7 heteroatoms. The molecular formula is C29H32N4O3. The molecule has 0 bridgehead atoms. The van der Waals surface area contributed by atoms with E-state index >= 15 is 0 Å². The Hall–Kier alpha value is -4.10. The second-order valence-corrected chi connectivity index (χ2v) is 8.97. The Labute approximate surface area is 211 Å². The van der Waals surface area contributed by atoms with E-state index in [2.05, 4.69) is 17.0 Å². The van der Waals surface area contributed by atoms with Gasteiger partial charge in [0.25, 0.3) is 5.91 Å². The summed E-state index contributed by atoms with van der Waals surface area (Å²) in [5.74, 6) is 0.765. The lowest BCUT2D eigenvalue weighted by Crippen LogP contribution is -2.49. The number of nitrogens with one attached hydrogen (secondary N) is 1. The van der Waals surface area contributed by atoms with Gasteiger partial charge in [-0.1, -0.05) is 30.3 Å². The maximum atomic E-state index is 12.6. The Morgan fingerprint density at radius 1 is 1.00 bits per heavy atom. The number of ether oxygens (including phenoxy) is 1. The molecule has 4 N–H and O–H groups in total. The molecule has 4 rings (SSSR count). The predicted molar refractivity (Wildman–Crippen MR) is 142 cm³/mol. The van der Waals surface area contributed by atoms with Gasteiger partial charge in [0, 0.05) is 38.4 Å². The van der Waals surface area contributed by atoms with Crippen LogP contribution in [0.3, 0.4) is 0 Å². The van der Waals surface area contributed by atoms with Crippen LogP contribution < -0.4 is 10.5 Å². The van der Waals surface area contributed by atoms with Crippen LogP contribution in [-0.2, 0) is 11.3 Å². The molecule has 1 aliphatic heterocycles. The summed E-state index contributed by atoms with van der Waals surface area (Å²) in [5.41, 5.74) is 10.3. The quantitative estimate of drug-likeness (QED) is 0.422. The molecule has 1 amide bonds. The van der Waals surface area contributed by atoms with Gasteiger partial charge >= 0.3 is 0 Å². The van der Waals surface area contributed by atoms with Crippen molar-refractivity contribution in [2.45, 2.75) is 13.5 Å². The molecule has 7 nitrogen and oxygen atoms in total. The van der Waals surface area contributed by atoms with E-state index in [-0.39, 0.29) is 24.0 Å². The highest BCUT2D eigenvalue weighted by Gasteiger charge is 2.21. The standard InChI is InChI=1S/C29H32N4O3/c1-21-17-24(9-12-28(21)34)27(31)18-26(30)23-7-10-25(11-8-23)36-20-29(35)33-15-13-32(14-16-33)19-22-5-3-2-4-6-22/h2-12,17-18,30,34H,13-16,19-20,31H2,1H3/b27-18-,30-26?. The molecule has 36 heavy (non-hydrogen) atoms. The Bertz CT molecular complexity index is 1230. The van der Waals surface area contributed by atoms with Crippen molar-refractivity contribution in [1.29, 1.82) is 5.41 Å². The fourth-order valence-electron chi connectivity index (χ4n) is 4.12. The second kappa shape index (κ2) is 11.6. The molecule has 1 aliphatic rings. The van der Waals surface area contributed by atoms with Crippen LogP contribution in [0.15, 0.2) is 78.9 Å². The fourth-order valence-corrected chi connectivity index (χ4v) is 4.12. The van der Waals surface area contributed by atoms with Crippen molar-refractivity contribution in [2.75, 3.05) is 32.8 Å². The normalized spacial score (nSPS) is 14.5. The van der Waals surface area contributed by atoms with Crippen molar-refractivity contribution in [3.63, 3.8) is 0 Å². The van der Waals surface area contributed by atoms with Gasteiger partial charge in [-0.15, -0.1) is 0 Å². The summed E-state index contributed by atoms with van der Waals surface area (Å²) < 4.78 is 5.71. The number of carbonyl (C=O) groups is 1. The lowest BCUT2D eigenvalue weighted by Gasteiger charge is -2.34. The third-order valence-electron chi connectivity index (χ3n) is 6.33. The molecule has 0 saturated carbocycles. The van der Waals surface area contributed by atoms with Crippen LogP contribution >= 0.6 is 0 Å². The van der Waals surface area contributed by atoms with Gasteiger partial charge in [-0.05, 0) is 77.7 Å². The number of benzene rings is 3. The third kappa shape index (κ3) is 6.52. The number of hydrogen-bond donors (Lipinski definition) is 3. The SMILES string of the molecule is Cc1cc(/C(N)=C/C(=N)c2ccc(OCC(=O)N3CCN(Cc4ccccc4)CC3)cc2)ccc1O. The minimum Gasteiger partial charge on any atom is -0.508 e. The highest BCUT2D eigenvalue weighted by molar-refractivity contribution is 6.10. The summed E-state index contributed by atoms with van der Waals surface area (Å²) in [5, 5.41) is 18.0. The van der Waals surface area contributed by atoms with Crippen molar-refractivity contribution in [3.05, 3.63) is 101 Å². The number of hydrogen-bond acceptors (Lipinski definition) is 6. The van der Waals surface area contributed by atoms with E-state index < -0.39 is 0 Å². The Morgan fingerprint density at radius 2 is 1.67 bits per heavy atom.